The fourth-order valence-corrected chi connectivity index (χ4v) is 2.42. The number of aromatic nitrogens is 1. The molecule has 2 aromatic rings. The number of benzene rings is 1. The third kappa shape index (κ3) is 5.30. The lowest BCUT2D eigenvalue weighted by molar-refractivity contribution is 0.0528. The van der Waals surface area contributed by atoms with Crippen molar-refractivity contribution in [2.45, 2.75) is 38.0 Å². The Balaban J connectivity index is 1.67. The Morgan fingerprint density at radius 3 is 2.86 bits per heavy atom. The lowest BCUT2D eigenvalue weighted by Crippen LogP contribution is -2.33. The molecule has 0 aliphatic carbocycles. The second kappa shape index (κ2) is 6.85. The number of alkyl carbamates (subject to hydrolysis) is 1. The highest BCUT2D eigenvalue weighted by Gasteiger charge is 2.15. The van der Waals surface area contributed by atoms with E-state index in [1.807, 2.05) is 45.0 Å². The summed E-state index contributed by atoms with van der Waals surface area (Å²) in [6.07, 6.45) is 0.442. The van der Waals surface area contributed by atoms with Crippen LogP contribution in [0.25, 0.3) is 11.1 Å². The van der Waals surface area contributed by atoms with Crippen molar-refractivity contribution in [3.8, 4) is 0 Å². The number of carbonyl (C=O) groups is 1. The molecule has 0 saturated heterocycles. The first kappa shape index (κ1) is 15.7. The van der Waals surface area contributed by atoms with Crippen LogP contribution in [0.3, 0.4) is 0 Å². The number of oxazole rings is 1. The van der Waals surface area contributed by atoms with Gasteiger partial charge in [0.1, 0.15) is 11.1 Å². The number of rotatable bonds is 5. The summed E-state index contributed by atoms with van der Waals surface area (Å²) in [4.78, 5) is 15.8. The Hall–Kier alpha value is -1.69. The number of thioether (sulfide) groups is 1. The predicted molar refractivity (Wildman–Crippen MR) is 83.6 cm³/mol. The van der Waals surface area contributed by atoms with Gasteiger partial charge in [0, 0.05) is 12.3 Å². The van der Waals surface area contributed by atoms with E-state index >= 15 is 0 Å². The normalized spacial score (nSPS) is 11.6. The first-order chi connectivity index (χ1) is 9.94. The van der Waals surface area contributed by atoms with Crippen LogP contribution in [0.4, 0.5) is 4.79 Å². The molecule has 1 heterocycles. The molecule has 1 amide bonds. The summed E-state index contributed by atoms with van der Waals surface area (Å²) in [5.74, 6) is 0.822. The summed E-state index contributed by atoms with van der Waals surface area (Å²) in [7, 11) is 0. The highest BCUT2D eigenvalue weighted by atomic mass is 32.2. The van der Waals surface area contributed by atoms with Crippen molar-refractivity contribution >= 4 is 29.0 Å². The minimum atomic E-state index is -0.461. The van der Waals surface area contributed by atoms with Gasteiger partial charge in [-0.1, -0.05) is 23.9 Å². The van der Waals surface area contributed by atoms with Crippen molar-refractivity contribution in [3.63, 3.8) is 0 Å². The Bertz CT molecular complexity index is 571. The monoisotopic (exact) mass is 308 g/mol. The molecule has 1 aromatic heterocycles. The van der Waals surface area contributed by atoms with Gasteiger partial charge in [-0.3, -0.25) is 0 Å². The molecule has 5 nitrogen and oxygen atoms in total. The van der Waals surface area contributed by atoms with E-state index in [2.05, 4.69) is 10.3 Å². The maximum Gasteiger partial charge on any atom is 0.407 e. The van der Waals surface area contributed by atoms with E-state index in [1.165, 1.54) is 0 Å². The van der Waals surface area contributed by atoms with Gasteiger partial charge in [-0.25, -0.2) is 9.78 Å². The van der Waals surface area contributed by atoms with Gasteiger partial charge >= 0.3 is 6.09 Å². The average molecular weight is 308 g/mol. The topological polar surface area (TPSA) is 64.4 Å². The van der Waals surface area contributed by atoms with Crippen LogP contribution in [-0.2, 0) is 4.74 Å². The SMILES string of the molecule is CC(C)(C)OC(=O)NCCCSc1nc2ccccc2o1. The van der Waals surface area contributed by atoms with Crippen LogP contribution in [0.2, 0.25) is 0 Å². The standard InChI is InChI=1S/C15H20N2O3S/c1-15(2,3)20-13(18)16-9-6-10-21-14-17-11-7-4-5-8-12(11)19-14/h4-5,7-8H,6,9-10H2,1-3H3,(H,16,18). The maximum absolute atomic E-state index is 11.4. The molecule has 0 aliphatic rings. The first-order valence-electron chi connectivity index (χ1n) is 6.89. The minimum absolute atomic E-state index is 0.380. The first-order valence-corrected chi connectivity index (χ1v) is 7.88. The van der Waals surface area contributed by atoms with Gasteiger partial charge in [0.15, 0.2) is 5.58 Å². The largest absolute Gasteiger partial charge is 0.444 e. The van der Waals surface area contributed by atoms with Crippen molar-refractivity contribution in [2.24, 2.45) is 0 Å². The summed E-state index contributed by atoms with van der Waals surface area (Å²) < 4.78 is 10.8. The van der Waals surface area contributed by atoms with Gasteiger partial charge in [-0.05, 0) is 39.3 Å². The van der Waals surface area contributed by atoms with Crippen molar-refractivity contribution < 1.29 is 13.9 Å². The number of nitrogens with zero attached hydrogens (tertiary/aromatic N) is 1. The van der Waals surface area contributed by atoms with E-state index in [9.17, 15) is 4.79 Å². The zero-order valence-electron chi connectivity index (χ0n) is 12.5. The van der Waals surface area contributed by atoms with E-state index in [0.29, 0.717) is 11.8 Å². The van der Waals surface area contributed by atoms with E-state index in [4.69, 9.17) is 9.15 Å². The fraction of sp³-hybridized carbons (Fsp3) is 0.467. The molecule has 21 heavy (non-hydrogen) atoms. The summed E-state index contributed by atoms with van der Waals surface area (Å²) in [5.41, 5.74) is 1.20. The quantitative estimate of drug-likeness (QED) is 0.671. The van der Waals surface area contributed by atoms with Crippen LogP contribution in [-0.4, -0.2) is 29.0 Å². The third-order valence-electron chi connectivity index (χ3n) is 2.49. The molecule has 0 spiro atoms. The van der Waals surface area contributed by atoms with Crippen molar-refractivity contribution in [1.29, 1.82) is 0 Å². The lowest BCUT2D eigenvalue weighted by Gasteiger charge is -2.19. The van der Waals surface area contributed by atoms with E-state index in [0.717, 1.165) is 23.3 Å². The van der Waals surface area contributed by atoms with Crippen LogP contribution in [0.5, 0.6) is 0 Å². The van der Waals surface area contributed by atoms with Gasteiger partial charge in [0.2, 0.25) is 0 Å². The zero-order chi connectivity index (χ0) is 15.3. The minimum Gasteiger partial charge on any atom is -0.444 e. The van der Waals surface area contributed by atoms with Crippen LogP contribution < -0.4 is 5.32 Å². The van der Waals surface area contributed by atoms with E-state index in [-0.39, 0.29) is 6.09 Å². The second-order valence-electron chi connectivity index (χ2n) is 5.58. The van der Waals surface area contributed by atoms with Gasteiger partial charge in [0.05, 0.1) is 0 Å². The molecule has 0 fully saturated rings. The smallest absolute Gasteiger partial charge is 0.407 e. The molecule has 0 atom stereocenters. The summed E-state index contributed by atoms with van der Waals surface area (Å²) in [6, 6.07) is 7.68. The number of fused-ring (bicyclic) bond motifs is 1. The van der Waals surface area contributed by atoms with Gasteiger partial charge < -0.3 is 14.5 Å². The lowest BCUT2D eigenvalue weighted by atomic mass is 10.2. The fourth-order valence-electron chi connectivity index (χ4n) is 1.65. The van der Waals surface area contributed by atoms with Crippen LogP contribution in [0.15, 0.2) is 33.9 Å². The maximum atomic E-state index is 11.4. The molecule has 0 unspecified atom stereocenters. The Labute approximate surface area is 128 Å². The molecule has 2 rings (SSSR count). The number of hydrogen-bond acceptors (Lipinski definition) is 5. The van der Waals surface area contributed by atoms with Crippen molar-refractivity contribution in [3.05, 3.63) is 24.3 Å². The predicted octanol–water partition coefficient (Wildman–Crippen LogP) is 3.83. The van der Waals surface area contributed by atoms with Crippen molar-refractivity contribution in [2.75, 3.05) is 12.3 Å². The number of carbonyl (C=O) groups excluding carboxylic acids is 1. The van der Waals surface area contributed by atoms with E-state index in [1.54, 1.807) is 11.8 Å². The Kier molecular flexibility index (Phi) is 5.12. The van der Waals surface area contributed by atoms with Gasteiger partial charge in [-0.15, -0.1) is 0 Å². The molecule has 0 aliphatic heterocycles. The summed E-state index contributed by atoms with van der Waals surface area (Å²) in [6.45, 7) is 6.10. The van der Waals surface area contributed by atoms with Crippen molar-refractivity contribution in [1.82, 2.24) is 10.3 Å². The van der Waals surface area contributed by atoms with Crippen LogP contribution in [0, 0.1) is 0 Å². The van der Waals surface area contributed by atoms with Crippen LogP contribution >= 0.6 is 11.8 Å². The number of amides is 1. The summed E-state index contributed by atoms with van der Waals surface area (Å²) >= 11 is 1.54. The van der Waals surface area contributed by atoms with Gasteiger partial charge in [-0.2, -0.15) is 0 Å². The molecule has 114 valence electrons. The Morgan fingerprint density at radius 2 is 2.14 bits per heavy atom. The zero-order valence-corrected chi connectivity index (χ0v) is 13.3. The third-order valence-corrected chi connectivity index (χ3v) is 3.40. The second-order valence-corrected chi connectivity index (χ2v) is 6.62. The summed E-state index contributed by atoms with van der Waals surface area (Å²) in [5, 5.41) is 3.39. The highest BCUT2D eigenvalue weighted by Crippen LogP contribution is 2.23. The highest BCUT2D eigenvalue weighted by molar-refractivity contribution is 7.99. The number of para-hydroxylation sites is 2. The molecule has 0 radical (unpaired) electrons. The molecule has 1 N–H and O–H groups in total. The number of hydrogen-bond donors (Lipinski definition) is 1. The average Bonchev–Trinajstić information content (AvgIpc) is 2.78. The molecule has 0 bridgehead atoms. The molecule has 0 saturated carbocycles. The molecular formula is C15H20N2O3S. The molecule has 6 heteroatoms. The van der Waals surface area contributed by atoms with Gasteiger partial charge in [0.25, 0.3) is 5.22 Å². The molecule has 1 aromatic carbocycles. The Morgan fingerprint density at radius 1 is 1.38 bits per heavy atom. The molecular weight excluding hydrogens is 288 g/mol. The number of nitrogens with one attached hydrogen (secondary N) is 1. The van der Waals surface area contributed by atoms with E-state index < -0.39 is 5.60 Å². The van der Waals surface area contributed by atoms with Crippen LogP contribution in [0.1, 0.15) is 27.2 Å². The number of ether oxygens (including phenoxy) is 1.